The fourth-order valence-electron chi connectivity index (χ4n) is 1.06. The van der Waals surface area contributed by atoms with Gasteiger partial charge in [-0.05, 0) is 47.1 Å². The van der Waals surface area contributed by atoms with Crippen LogP contribution >= 0.6 is 15.9 Å². The summed E-state index contributed by atoms with van der Waals surface area (Å²) < 4.78 is 23.3. The van der Waals surface area contributed by atoms with Crippen molar-refractivity contribution in [1.82, 2.24) is 0 Å². The largest absolute Gasteiger partial charge is 0.488 e. The molecule has 0 fully saturated rings. The molecule has 1 aromatic carbocycles. The normalized spacial score (nSPS) is 10.5. The lowest BCUT2D eigenvalue weighted by molar-refractivity contribution is -0.137. The summed E-state index contributed by atoms with van der Waals surface area (Å²) in [6.45, 7) is 2.29. The minimum atomic E-state index is -0.408. The van der Waals surface area contributed by atoms with Crippen LogP contribution in [0.2, 0.25) is 0 Å². The monoisotopic (exact) mass is 302 g/mol. The highest BCUT2D eigenvalue weighted by atomic mass is 79.9. The zero-order valence-corrected chi connectivity index (χ0v) is 10.9. The van der Waals surface area contributed by atoms with Crippen molar-refractivity contribution in [3.63, 3.8) is 0 Å². The van der Waals surface area contributed by atoms with Gasteiger partial charge in [0.1, 0.15) is 18.2 Å². The molecule has 17 heavy (non-hydrogen) atoms. The maximum absolute atomic E-state index is 12.8. The van der Waals surface area contributed by atoms with Crippen LogP contribution in [0.5, 0.6) is 5.75 Å². The first-order valence-electron chi connectivity index (χ1n) is 5.04. The topological polar surface area (TPSA) is 35.5 Å². The van der Waals surface area contributed by atoms with Crippen molar-refractivity contribution in [3.05, 3.63) is 40.6 Å². The molecular formula is C12H12BrFO3. The van der Waals surface area contributed by atoms with Crippen molar-refractivity contribution in [2.24, 2.45) is 0 Å². The van der Waals surface area contributed by atoms with E-state index in [9.17, 15) is 9.18 Å². The number of benzene rings is 1. The third-order valence-electron chi connectivity index (χ3n) is 1.77. The predicted octanol–water partition coefficient (Wildman–Crippen LogP) is 3.09. The van der Waals surface area contributed by atoms with E-state index in [4.69, 9.17) is 9.47 Å². The van der Waals surface area contributed by atoms with Crippen LogP contribution in [0.3, 0.4) is 0 Å². The summed E-state index contributed by atoms with van der Waals surface area (Å²) in [5.41, 5.74) is 0. The lowest BCUT2D eigenvalue weighted by Crippen LogP contribution is -2.01. The maximum atomic E-state index is 12.8. The molecule has 5 heteroatoms. The van der Waals surface area contributed by atoms with Gasteiger partial charge in [0.25, 0.3) is 0 Å². The molecule has 1 aromatic rings. The molecule has 0 aromatic heterocycles. The highest BCUT2D eigenvalue weighted by Gasteiger charge is 2.01. The molecule has 0 radical (unpaired) electrons. The van der Waals surface area contributed by atoms with Crippen LogP contribution in [0.25, 0.3) is 0 Å². The number of ether oxygens (including phenoxy) is 2. The summed E-state index contributed by atoms with van der Waals surface area (Å²) in [5.74, 6) is -0.236. The second kappa shape index (κ2) is 7.06. The molecule has 0 amide bonds. The molecule has 0 heterocycles. The van der Waals surface area contributed by atoms with Crippen LogP contribution in [-0.4, -0.2) is 19.2 Å². The Morgan fingerprint density at radius 3 is 2.94 bits per heavy atom. The molecule has 0 saturated carbocycles. The number of esters is 1. The van der Waals surface area contributed by atoms with Gasteiger partial charge in [0.05, 0.1) is 11.1 Å². The predicted molar refractivity (Wildman–Crippen MR) is 65.4 cm³/mol. The molecule has 0 aliphatic heterocycles. The standard InChI is InChI=1S/C12H12BrFO3/c1-2-16-12(15)4-3-7-17-11-6-5-9(14)8-10(11)13/h3-6,8H,2,7H2,1H3/b4-3+. The molecule has 0 spiro atoms. The number of halogens is 2. The first-order chi connectivity index (χ1) is 8.13. The van der Waals surface area contributed by atoms with E-state index in [1.54, 1.807) is 6.92 Å². The number of carbonyl (C=O) groups is 1. The molecule has 3 nitrogen and oxygen atoms in total. The zero-order chi connectivity index (χ0) is 12.7. The summed E-state index contributed by atoms with van der Waals surface area (Å²) in [4.78, 5) is 10.9. The van der Waals surface area contributed by atoms with E-state index in [1.165, 1.54) is 30.4 Å². The van der Waals surface area contributed by atoms with Gasteiger partial charge >= 0.3 is 5.97 Å². The fraction of sp³-hybridized carbons (Fsp3) is 0.250. The quantitative estimate of drug-likeness (QED) is 0.619. The highest BCUT2D eigenvalue weighted by molar-refractivity contribution is 9.10. The van der Waals surface area contributed by atoms with E-state index < -0.39 is 5.97 Å². The van der Waals surface area contributed by atoms with Crippen LogP contribution < -0.4 is 4.74 Å². The molecule has 0 saturated heterocycles. The number of hydrogen-bond acceptors (Lipinski definition) is 3. The molecule has 1 rings (SSSR count). The van der Waals surface area contributed by atoms with Crippen molar-refractivity contribution in [2.75, 3.05) is 13.2 Å². The fourth-order valence-corrected chi connectivity index (χ4v) is 1.53. The van der Waals surface area contributed by atoms with Crippen molar-refractivity contribution < 1.29 is 18.7 Å². The molecule has 0 atom stereocenters. The van der Waals surface area contributed by atoms with Crippen molar-refractivity contribution >= 4 is 21.9 Å². The number of carbonyl (C=O) groups excluding carboxylic acids is 1. The first-order valence-corrected chi connectivity index (χ1v) is 5.84. The van der Waals surface area contributed by atoms with Crippen LogP contribution in [0, 0.1) is 5.82 Å². The molecule has 0 aliphatic carbocycles. The van der Waals surface area contributed by atoms with E-state index in [-0.39, 0.29) is 12.4 Å². The Kier molecular flexibility index (Phi) is 5.69. The molecule has 0 aliphatic rings. The Bertz CT molecular complexity index is 418. The van der Waals surface area contributed by atoms with Gasteiger partial charge in [0, 0.05) is 6.08 Å². The van der Waals surface area contributed by atoms with Crippen LogP contribution in [-0.2, 0) is 9.53 Å². The van der Waals surface area contributed by atoms with E-state index in [0.717, 1.165) is 0 Å². The van der Waals surface area contributed by atoms with Gasteiger partial charge in [0.15, 0.2) is 0 Å². The van der Waals surface area contributed by atoms with Crippen LogP contribution in [0.1, 0.15) is 6.92 Å². The lowest BCUT2D eigenvalue weighted by Gasteiger charge is -2.05. The van der Waals surface area contributed by atoms with Gasteiger partial charge in [-0.2, -0.15) is 0 Å². The Labute approximate surface area is 107 Å². The van der Waals surface area contributed by atoms with Gasteiger partial charge in [-0.1, -0.05) is 0 Å². The smallest absolute Gasteiger partial charge is 0.330 e. The maximum Gasteiger partial charge on any atom is 0.330 e. The van der Waals surface area contributed by atoms with Gasteiger partial charge in [0.2, 0.25) is 0 Å². The second-order valence-corrected chi connectivity index (χ2v) is 3.89. The second-order valence-electron chi connectivity index (χ2n) is 3.04. The lowest BCUT2D eigenvalue weighted by atomic mass is 10.3. The molecule has 0 bridgehead atoms. The van der Waals surface area contributed by atoms with Gasteiger partial charge < -0.3 is 9.47 Å². The van der Waals surface area contributed by atoms with Crippen LogP contribution in [0.15, 0.2) is 34.8 Å². The minimum absolute atomic E-state index is 0.211. The third-order valence-corrected chi connectivity index (χ3v) is 2.39. The molecule has 0 unspecified atom stereocenters. The Hall–Kier alpha value is -1.36. The summed E-state index contributed by atoms with van der Waals surface area (Å²) in [5, 5.41) is 0. The number of hydrogen-bond donors (Lipinski definition) is 0. The Morgan fingerprint density at radius 2 is 2.29 bits per heavy atom. The summed E-state index contributed by atoms with van der Waals surface area (Å²) in [6.07, 6.45) is 2.83. The molecular weight excluding hydrogens is 291 g/mol. The zero-order valence-electron chi connectivity index (χ0n) is 9.28. The SMILES string of the molecule is CCOC(=O)/C=C/COc1ccc(F)cc1Br. The van der Waals surface area contributed by atoms with Gasteiger partial charge in [-0.15, -0.1) is 0 Å². The molecule has 0 N–H and O–H groups in total. The van der Waals surface area contributed by atoms with E-state index in [0.29, 0.717) is 16.8 Å². The first kappa shape index (κ1) is 13.7. The number of rotatable bonds is 5. The summed E-state index contributed by atoms with van der Waals surface area (Å²) >= 11 is 3.17. The molecule has 92 valence electrons. The third kappa shape index (κ3) is 4.99. The highest BCUT2D eigenvalue weighted by Crippen LogP contribution is 2.25. The van der Waals surface area contributed by atoms with Crippen molar-refractivity contribution in [1.29, 1.82) is 0 Å². The Morgan fingerprint density at radius 1 is 1.53 bits per heavy atom. The minimum Gasteiger partial charge on any atom is -0.488 e. The van der Waals surface area contributed by atoms with E-state index in [1.807, 2.05) is 0 Å². The van der Waals surface area contributed by atoms with Gasteiger partial charge in [-0.3, -0.25) is 0 Å². The van der Waals surface area contributed by atoms with Crippen molar-refractivity contribution in [3.8, 4) is 5.75 Å². The summed E-state index contributed by atoms with van der Waals surface area (Å²) in [6, 6.07) is 4.12. The Balaban J connectivity index is 2.43. The van der Waals surface area contributed by atoms with Gasteiger partial charge in [-0.25, -0.2) is 9.18 Å². The van der Waals surface area contributed by atoms with Crippen molar-refractivity contribution in [2.45, 2.75) is 6.92 Å². The van der Waals surface area contributed by atoms with E-state index >= 15 is 0 Å². The van der Waals surface area contributed by atoms with E-state index in [2.05, 4.69) is 15.9 Å². The average Bonchev–Trinajstić information content (AvgIpc) is 2.27. The summed E-state index contributed by atoms with van der Waals surface area (Å²) in [7, 11) is 0. The average molecular weight is 303 g/mol. The van der Waals surface area contributed by atoms with Crippen LogP contribution in [0.4, 0.5) is 4.39 Å².